The van der Waals surface area contributed by atoms with Crippen LogP contribution in [0, 0.1) is 17.3 Å². The highest BCUT2D eigenvalue weighted by molar-refractivity contribution is 6.24. The Balaban J connectivity index is 1.65. The Morgan fingerprint density at radius 1 is 1.16 bits per heavy atom. The first-order valence-corrected chi connectivity index (χ1v) is 12.4. The Kier molecular flexibility index (Phi) is 5.63. The second kappa shape index (κ2) is 8.31. The molecule has 10 nitrogen and oxygen atoms in total. The van der Waals surface area contributed by atoms with Crippen LogP contribution in [-0.2, 0) is 20.8 Å². The Hall–Kier alpha value is -3.89. The van der Waals surface area contributed by atoms with Crippen molar-refractivity contribution < 1.29 is 34.8 Å². The molecule has 200 valence electrons. The highest BCUT2D eigenvalue weighted by atomic mass is 16.3. The van der Waals surface area contributed by atoms with Crippen LogP contribution in [0.4, 0.5) is 5.69 Å². The SMILES string of the molecule is CC(C)(C)CNc1ccc2cc3c(c(O)c2c1)C(O)=C1C(=O)[C@]2(O)C(O)=C(C(N)=O)C(=O)[C@@H](N)[C@@H]2C[C@@H]1C3. The van der Waals surface area contributed by atoms with Crippen LogP contribution >= 0.6 is 0 Å². The van der Waals surface area contributed by atoms with Crippen LogP contribution in [0.25, 0.3) is 16.5 Å². The largest absolute Gasteiger partial charge is 0.508 e. The summed E-state index contributed by atoms with van der Waals surface area (Å²) in [6.07, 6.45) is 0.188. The highest BCUT2D eigenvalue weighted by Crippen LogP contribution is 2.52. The van der Waals surface area contributed by atoms with Crippen LogP contribution in [0.1, 0.15) is 38.3 Å². The van der Waals surface area contributed by atoms with Crippen LogP contribution in [-0.4, -0.2) is 56.1 Å². The van der Waals surface area contributed by atoms with E-state index in [1.54, 1.807) is 6.07 Å². The van der Waals surface area contributed by atoms with Crippen LogP contribution in [0.3, 0.4) is 0 Å². The first-order chi connectivity index (χ1) is 17.7. The summed E-state index contributed by atoms with van der Waals surface area (Å²) in [7, 11) is 0. The summed E-state index contributed by atoms with van der Waals surface area (Å²) in [6.45, 7) is 6.95. The molecule has 2 aromatic carbocycles. The zero-order valence-electron chi connectivity index (χ0n) is 21.3. The molecule has 0 aromatic heterocycles. The number of fused-ring (bicyclic) bond motifs is 4. The smallest absolute Gasteiger partial charge is 0.255 e. The number of aliphatic hydroxyl groups is 3. The van der Waals surface area contributed by atoms with Gasteiger partial charge in [0.25, 0.3) is 5.91 Å². The molecule has 0 unspecified atom stereocenters. The molecule has 38 heavy (non-hydrogen) atoms. The van der Waals surface area contributed by atoms with Crippen molar-refractivity contribution in [1.82, 2.24) is 0 Å². The second-order valence-corrected chi connectivity index (χ2v) is 11.7. The summed E-state index contributed by atoms with van der Waals surface area (Å²) >= 11 is 0. The number of ketones is 2. The number of amides is 1. The molecule has 0 radical (unpaired) electrons. The number of hydrogen-bond acceptors (Lipinski definition) is 9. The molecule has 0 spiro atoms. The number of hydrogen-bond donors (Lipinski definition) is 7. The van der Waals surface area contributed by atoms with Crippen molar-refractivity contribution >= 4 is 39.7 Å². The van der Waals surface area contributed by atoms with Crippen LogP contribution < -0.4 is 16.8 Å². The number of nitrogens with one attached hydrogen (secondary N) is 1. The monoisotopic (exact) mass is 521 g/mol. The number of phenolic OH excluding ortho intramolecular Hbond substituents is 1. The Morgan fingerprint density at radius 2 is 1.84 bits per heavy atom. The van der Waals surface area contributed by atoms with E-state index in [9.17, 15) is 34.8 Å². The number of rotatable bonds is 3. The van der Waals surface area contributed by atoms with Gasteiger partial charge in [0, 0.05) is 29.1 Å². The highest BCUT2D eigenvalue weighted by Gasteiger charge is 2.63. The Morgan fingerprint density at radius 3 is 2.47 bits per heavy atom. The first-order valence-electron chi connectivity index (χ1n) is 12.4. The van der Waals surface area contributed by atoms with Gasteiger partial charge in [-0.25, -0.2) is 0 Å². The lowest BCUT2D eigenvalue weighted by Gasteiger charge is -2.48. The standard InChI is InChI=1S/C28H31N3O7/c1-27(2,3)10-31-14-5-4-11-6-12-7-13-8-16-20(29)23(34)19(26(30)37)25(36)28(16,38)24(35)18(13)22(33)17(12)21(32)15(11)9-14/h4-6,9,13,16,20,31-33,36,38H,7-8,10,29H2,1-3H3,(H2,30,37)/t13-,16-,20-,28-/m0/s1. The minimum Gasteiger partial charge on any atom is -0.508 e. The normalized spacial score (nSPS) is 27.2. The molecule has 2 aromatic rings. The van der Waals surface area contributed by atoms with Crippen molar-refractivity contribution in [3.8, 4) is 5.75 Å². The van der Waals surface area contributed by atoms with Crippen LogP contribution in [0.15, 0.2) is 41.2 Å². The van der Waals surface area contributed by atoms with Gasteiger partial charge in [-0.05, 0) is 47.3 Å². The average molecular weight is 522 g/mol. The van der Waals surface area contributed by atoms with Gasteiger partial charge in [-0.2, -0.15) is 0 Å². The van der Waals surface area contributed by atoms with E-state index < -0.39 is 58.0 Å². The number of anilines is 1. The lowest BCUT2D eigenvalue weighted by Crippen LogP contribution is -2.65. The summed E-state index contributed by atoms with van der Waals surface area (Å²) in [4.78, 5) is 38.2. The number of aliphatic hydroxyl groups excluding tert-OH is 2. The molecule has 3 aliphatic rings. The molecule has 1 amide bonds. The molecule has 0 aliphatic heterocycles. The molecular formula is C28H31N3O7. The van der Waals surface area contributed by atoms with Gasteiger partial charge in [0.05, 0.1) is 11.6 Å². The third kappa shape index (κ3) is 3.58. The van der Waals surface area contributed by atoms with E-state index in [2.05, 4.69) is 26.1 Å². The van der Waals surface area contributed by atoms with Crippen molar-refractivity contribution in [2.24, 2.45) is 28.7 Å². The summed E-state index contributed by atoms with van der Waals surface area (Å²) in [5.74, 6) is -7.16. The Labute approximate surface area is 218 Å². The second-order valence-electron chi connectivity index (χ2n) is 11.7. The van der Waals surface area contributed by atoms with Gasteiger partial charge in [0.2, 0.25) is 5.78 Å². The fourth-order valence-electron chi connectivity index (χ4n) is 5.96. The zero-order valence-corrected chi connectivity index (χ0v) is 21.3. The van der Waals surface area contributed by atoms with Crippen LogP contribution in [0.2, 0.25) is 0 Å². The Bertz CT molecular complexity index is 1500. The number of carbonyl (C=O) groups excluding carboxylic acids is 3. The number of carbonyl (C=O) groups is 3. The zero-order chi connectivity index (χ0) is 27.9. The maximum atomic E-state index is 13.7. The van der Waals surface area contributed by atoms with Crippen molar-refractivity contribution in [2.75, 3.05) is 11.9 Å². The van der Waals surface area contributed by atoms with Crippen molar-refractivity contribution in [2.45, 2.75) is 45.3 Å². The van der Waals surface area contributed by atoms with Gasteiger partial charge in [-0.1, -0.05) is 32.9 Å². The minimum absolute atomic E-state index is 0.0185. The summed E-state index contributed by atoms with van der Waals surface area (Å²) in [5.41, 5.74) is 8.86. The maximum absolute atomic E-state index is 13.7. The number of nitrogens with two attached hydrogens (primary N) is 2. The van der Waals surface area contributed by atoms with Crippen molar-refractivity contribution in [3.05, 3.63) is 52.3 Å². The number of primary amides is 1. The molecule has 9 N–H and O–H groups in total. The molecule has 3 aliphatic carbocycles. The summed E-state index contributed by atoms with van der Waals surface area (Å²) in [6, 6.07) is 5.87. The van der Waals surface area contributed by atoms with Gasteiger partial charge in [-0.15, -0.1) is 0 Å². The molecule has 5 rings (SSSR count). The van der Waals surface area contributed by atoms with Gasteiger partial charge >= 0.3 is 0 Å². The van der Waals surface area contributed by atoms with E-state index >= 15 is 0 Å². The van der Waals surface area contributed by atoms with Gasteiger partial charge in [0.15, 0.2) is 11.4 Å². The van der Waals surface area contributed by atoms with E-state index in [4.69, 9.17) is 11.5 Å². The van der Waals surface area contributed by atoms with Gasteiger partial charge in [-0.3, -0.25) is 14.4 Å². The fraction of sp³-hybridized carbons (Fsp3) is 0.393. The van der Waals surface area contributed by atoms with Crippen molar-refractivity contribution in [1.29, 1.82) is 0 Å². The minimum atomic E-state index is -2.72. The maximum Gasteiger partial charge on any atom is 0.255 e. The predicted octanol–water partition coefficient (Wildman–Crippen LogP) is 1.97. The van der Waals surface area contributed by atoms with Gasteiger partial charge < -0.3 is 37.2 Å². The fourth-order valence-corrected chi connectivity index (χ4v) is 5.96. The van der Waals surface area contributed by atoms with Crippen LogP contribution in [0.5, 0.6) is 5.75 Å². The molecule has 1 fully saturated rings. The lowest BCUT2D eigenvalue weighted by atomic mass is 9.58. The number of phenols is 1. The number of aromatic hydroxyl groups is 1. The van der Waals surface area contributed by atoms with E-state index in [1.807, 2.05) is 18.2 Å². The third-order valence-corrected chi connectivity index (χ3v) is 7.88. The number of Topliss-reactive ketones (excluding diaryl/α,β-unsaturated/α-hetero) is 2. The van der Waals surface area contributed by atoms with Gasteiger partial charge in [0.1, 0.15) is 22.8 Å². The average Bonchev–Trinajstić information content (AvgIpc) is 2.83. The predicted molar refractivity (Wildman–Crippen MR) is 140 cm³/mol. The van der Waals surface area contributed by atoms with E-state index in [-0.39, 0.29) is 35.1 Å². The lowest BCUT2D eigenvalue weighted by molar-refractivity contribution is -0.149. The van der Waals surface area contributed by atoms with E-state index in [1.165, 1.54) is 0 Å². The van der Waals surface area contributed by atoms with E-state index in [0.717, 1.165) is 11.1 Å². The number of benzene rings is 2. The molecule has 1 saturated carbocycles. The molecular weight excluding hydrogens is 490 g/mol. The topological polar surface area (TPSA) is 196 Å². The molecule has 10 heteroatoms. The first kappa shape index (κ1) is 25.7. The molecule has 0 saturated heterocycles. The molecule has 4 atom stereocenters. The quantitative estimate of drug-likeness (QED) is 0.295. The van der Waals surface area contributed by atoms with E-state index in [0.29, 0.717) is 17.5 Å². The third-order valence-electron chi connectivity index (χ3n) is 7.88. The van der Waals surface area contributed by atoms with Crippen molar-refractivity contribution in [3.63, 3.8) is 0 Å². The molecule has 0 bridgehead atoms. The summed E-state index contributed by atoms with van der Waals surface area (Å²) < 4.78 is 0. The molecule has 0 heterocycles. The summed E-state index contributed by atoms with van der Waals surface area (Å²) in [5, 5.41) is 49.2.